The van der Waals surface area contributed by atoms with Crippen LogP contribution in [-0.4, -0.2) is 29.2 Å². The Hall–Kier alpha value is -2.69. The third kappa shape index (κ3) is 7.29. The summed E-state index contributed by atoms with van der Waals surface area (Å²) in [5.41, 5.74) is 0.826. The number of ether oxygens (including phenoxy) is 2. The number of carbonyl (C=O) groups is 1. The molecule has 0 aliphatic rings. The fourth-order valence-electron chi connectivity index (χ4n) is 3.13. The summed E-state index contributed by atoms with van der Waals surface area (Å²) in [4.78, 5) is 12.9. The molecule has 30 heavy (non-hydrogen) atoms. The Balaban J connectivity index is 2.04. The monoisotopic (exact) mass is 414 g/mol. The van der Waals surface area contributed by atoms with Crippen LogP contribution in [-0.2, 0) is 0 Å². The SMILES string of the molecule is CCCCCCOc1cc(C(=O)c2ccc(O)c(OCCCCCC)c2)ccc1O. The van der Waals surface area contributed by atoms with E-state index in [-0.39, 0.29) is 17.3 Å². The highest BCUT2D eigenvalue weighted by Crippen LogP contribution is 2.31. The molecule has 0 atom stereocenters. The van der Waals surface area contributed by atoms with Crippen LogP contribution in [0.2, 0.25) is 0 Å². The Morgan fingerprint density at radius 2 is 1.13 bits per heavy atom. The molecule has 5 nitrogen and oxygen atoms in total. The van der Waals surface area contributed by atoms with E-state index in [1.54, 1.807) is 24.3 Å². The normalized spacial score (nSPS) is 10.7. The summed E-state index contributed by atoms with van der Waals surface area (Å²) in [5.74, 6) is 0.432. The Kier molecular flexibility index (Phi) is 10.1. The topological polar surface area (TPSA) is 76.0 Å². The van der Waals surface area contributed by atoms with Crippen molar-refractivity contribution in [1.82, 2.24) is 0 Å². The van der Waals surface area contributed by atoms with Gasteiger partial charge < -0.3 is 19.7 Å². The molecule has 164 valence electrons. The Labute approximate surface area is 179 Å². The number of phenolic OH excluding ortho intramolecular Hbond substituents is 2. The predicted octanol–water partition coefficient (Wildman–Crippen LogP) is 6.25. The second-order valence-corrected chi connectivity index (χ2v) is 7.51. The summed E-state index contributed by atoms with van der Waals surface area (Å²) >= 11 is 0. The summed E-state index contributed by atoms with van der Waals surface area (Å²) < 4.78 is 11.3. The van der Waals surface area contributed by atoms with Crippen molar-refractivity contribution in [2.75, 3.05) is 13.2 Å². The van der Waals surface area contributed by atoms with E-state index < -0.39 is 0 Å². The summed E-state index contributed by atoms with van der Waals surface area (Å²) in [6, 6.07) is 9.21. The minimum atomic E-state index is -0.221. The molecule has 0 aliphatic heterocycles. The zero-order valence-corrected chi connectivity index (χ0v) is 18.2. The summed E-state index contributed by atoms with van der Waals surface area (Å²) in [5, 5.41) is 20.1. The molecule has 0 heterocycles. The van der Waals surface area contributed by atoms with Crippen LogP contribution in [0.4, 0.5) is 0 Å². The lowest BCUT2D eigenvalue weighted by Crippen LogP contribution is -2.04. The van der Waals surface area contributed by atoms with Crippen LogP contribution in [0.15, 0.2) is 36.4 Å². The molecule has 0 aliphatic carbocycles. The lowest BCUT2D eigenvalue weighted by molar-refractivity contribution is 0.103. The molecule has 0 saturated heterocycles. The molecule has 5 heteroatoms. The van der Waals surface area contributed by atoms with Crippen molar-refractivity contribution in [3.05, 3.63) is 47.5 Å². The third-order valence-corrected chi connectivity index (χ3v) is 4.95. The molecular weight excluding hydrogens is 380 g/mol. The van der Waals surface area contributed by atoms with E-state index in [0.29, 0.717) is 35.8 Å². The molecule has 0 aromatic heterocycles. The van der Waals surface area contributed by atoms with Gasteiger partial charge in [-0.3, -0.25) is 4.79 Å². The number of benzene rings is 2. The maximum absolute atomic E-state index is 12.9. The fourth-order valence-corrected chi connectivity index (χ4v) is 3.13. The first-order valence-electron chi connectivity index (χ1n) is 11.0. The van der Waals surface area contributed by atoms with Crippen LogP contribution in [0.1, 0.15) is 81.1 Å². The van der Waals surface area contributed by atoms with E-state index in [4.69, 9.17) is 9.47 Å². The van der Waals surface area contributed by atoms with Gasteiger partial charge in [0.2, 0.25) is 0 Å². The minimum Gasteiger partial charge on any atom is -0.504 e. The van der Waals surface area contributed by atoms with Gasteiger partial charge in [-0.05, 0) is 49.2 Å². The molecule has 0 bridgehead atoms. The lowest BCUT2D eigenvalue weighted by Gasteiger charge is -2.11. The highest BCUT2D eigenvalue weighted by molar-refractivity contribution is 6.09. The number of unbranched alkanes of at least 4 members (excludes halogenated alkanes) is 6. The van der Waals surface area contributed by atoms with Crippen LogP contribution in [0.3, 0.4) is 0 Å². The number of hydrogen-bond acceptors (Lipinski definition) is 5. The molecule has 0 radical (unpaired) electrons. The lowest BCUT2D eigenvalue weighted by atomic mass is 10.0. The van der Waals surface area contributed by atoms with Crippen molar-refractivity contribution in [2.45, 2.75) is 65.2 Å². The van der Waals surface area contributed by atoms with Crippen LogP contribution < -0.4 is 9.47 Å². The van der Waals surface area contributed by atoms with E-state index in [2.05, 4.69) is 13.8 Å². The average molecular weight is 415 g/mol. The van der Waals surface area contributed by atoms with Gasteiger partial charge in [-0.1, -0.05) is 52.4 Å². The van der Waals surface area contributed by atoms with Crippen molar-refractivity contribution < 1.29 is 24.5 Å². The number of hydrogen-bond donors (Lipinski definition) is 2. The molecule has 2 aromatic carbocycles. The van der Waals surface area contributed by atoms with E-state index >= 15 is 0 Å². The molecule has 0 fully saturated rings. The molecule has 2 rings (SSSR count). The third-order valence-electron chi connectivity index (χ3n) is 4.95. The molecule has 0 saturated carbocycles. The van der Waals surface area contributed by atoms with Crippen molar-refractivity contribution >= 4 is 5.78 Å². The minimum absolute atomic E-state index is 0.0175. The first-order valence-corrected chi connectivity index (χ1v) is 11.0. The number of aromatic hydroxyl groups is 2. The first kappa shape index (κ1) is 23.6. The van der Waals surface area contributed by atoms with Crippen LogP contribution in [0.5, 0.6) is 23.0 Å². The predicted molar refractivity (Wildman–Crippen MR) is 119 cm³/mol. The first-order chi connectivity index (χ1) is 14.6. The van der Waals surface area contributed by atoms with E-state index in [0.717, 1.165) is 51.4 Å². The van der Waals surface area contributed by atoms with Gasteiger partial charge in [0.05, 0.1) is 13.2 Å². The zero-order chi connectivity index (χ0) is 21.8. The van der Waals surface area contributed by atoms with Crippen molar-refractivity contribution in [3.63, 3.8) is 0 Å². The van der Waals surface area contributed by atoms with Crippen molar-refractivity contribution in [3.8, 4) is 23.0 Å². The molecule has 2 aromatic rings. The quantitative estimate of drug-likeness (QED) is 0.282. The second kappa shape index (κ2) is 12.8. The van der Waals surface area contributed by atoms with Gasteiger partial charge in [0, 0.05) is 11.1 Å². The maximum Gasteiger partial charge on any atom is 0.193 e. The van der Waals surface area contributed by atoms with Gasteiger partial charge >= 0.3 is 0 Å². The highest BCUT2D eigenvalue weighted by Gasteiger charge is 2.15. The van der Waals surface area contributed by atoms with E-state index in [9.17, 15) is 15.0 Å². The Morgan fingerprint density at radius 1 is 0.700 bits per heavy atom. The average Bonchev–Trinajstić information content (AvgIpc) is 2.75. The van der Waals surface area contributed by atoms with Crippen molar-refractivity contribution in [2.24, 2.45) is 0 Å². The number of phenols is 2. The molecular formula is C25H34O5. The highest BCUT2D eigenvalue weighted by atomic mass is 16.5. The summed E-state index contributed by atoms with van der Waals surface area (Å²) in [6.45, 7) is 5.29. The number of carbonyl (C=O) groups excluding carboxylic acids is 1. The van der Waals surface area contributed by atoms with Crippen LogP contribution in [0.25, 0.3) is 0 Å². The Bertz CT molecular complexity index is 735. The molecule has 0 amide bonds. The van der Waals surface area contributed by atoms with Gasteiger partial charge in [0.15, 0.2) is 28.8 Å². The van der Waals surface area contributed by atoms with Crippen molar-refractivity contribution in [1.29, 1.82) is 0 Å². The largest absolute Gasteiger partial charge is 0.504 e. The maximum atomic E-state index is 12.9. The standard InChI is InChI=1S/C25H34O5/c1-3-5-7-9-15-29-23-17-19(11-13-21(23)26)25(28)20-12-14-22(27)24(18-20)30-16-10-8-6-4-2/h11-14,17-18,26-27H,3-10,15-16H2,1-2H3. The molecule has 2 N–H and O–H groups in total. The van der Waals surface area contributed by atoms with E-state index in [1.807, 2.05) is 0 Å². The number of rotatable bonds is 14. The molecule has 0 unspecified atom stereocenters. The summed E-state index contributed by atoms with van der Waals surface area (Å²) in [7, 11) is 0. The van der Waals surface area contributed by atoms with Gasteiger partial charge in [-0.15, -0.1) is 0 Å². The van der Waals surface area contributed by atoms with Gasteiger partial charge in [0.1, 0.15) is 0 Å². The van der Waals surface area contributed by atoms with Gasteiger partial charge in [-0.2, -0.15) is 0 Å². The molecule has 0 spiro atoms. The summed E-state index contributed by atoms with van der Waals surface area (Å²) in [6.07, 6.45) is 8.55. The Morgan fingerprint density at radius 3 is 1.53 bits per heavy atom. The van der Waals surface area contributed by atoms with E-state index in [1.165, 1.54) is 12.1 Å². The fraction of sp³-hybridized carbons (Fsp3) is 0.480. The van der Waals surface area contributed by atoms with Crippen LogP contribution >= 0.6 is 0 Å². The van der Waals surface area contributed by atoms with Gasteiger partial charge in [0.25, 0.3) is 0 Å². The van der Waals surface area contributed by atoms with Crippen LogP contribution in [0, 0.1) is 0 Å². The second-order valence-electron chi connectivity index (χ2n) is 7.51. The smallest absolute Gasteiger partial charge is 0.193 e. The zero-order valence-electron chi connectivity index (χ0n) is 18.2. The number of ketones is 1. The van der Waals surface area contributed by atoms with Gasteiger partial charge in [-0.25, -0.2) is 0 Å².